The number of aryl methyl sites for hydroxylation is 2. The van der Waals surface area contributed by atoms with Gasteiger partial charge in [0.1, 0.15) is 0 Å². The molecular weight excluding hydrogens is 300 g/mol. The molecule has 1 aromatic rings. The van der Waals surface area contributed by atoms with Crippen molar-refractivity contribution in [3.63, 3.8) is 0 Å². The van der Waals surface area contributed by atoms with Gasteiger partial charge in [0, 0.05) is 25.0 Å². The normalized spacial score (nSPS) is 22.1. The summed E-state index contributed by atoms with van der Waals surface area (Å²) in [6, 6.07) is 5.13. The first-order valence-corrected chi connectivity index (χ1v) is 9.23. The molecule has 0 radical (unpaired) electrons. The Morgan fingerprint density at radius 2 is 1.95 bits per heavy atom. The Kier molecular flexibility index (Phi) is 3.99. The minimum Gasteiger partial charge on any atom is -0.341 e. The van der Waals surface area contributed by atoms with Gasteiger partial charge in [-0.3, -0.25) is 4.79 Å². The van der Waals surface area contributed by atoms with Gasteiger partial charge in [0.25, 0.3) is 0 Å². The van der Waals surface area contributed by atoms with Crippen LogP contribution in [0.1, 0.15) is 30.4 Å². The molecule has 2 aliphatic rings. The number of nitrogens with one attached hydrogen (secondary N) is 1. The number of amides is 1. The predicted octanol–water partition coefficient (Wildman–Crippen LogP) is 1.59. The number of hydrogen-bond acceptors (Lipinski definition) is 3. The summed E-state index contributed by atoms with van der Waals surface area (Å²) >= 11 is 0. The largest absolute Gasteiger partial charge is 0.341 e. The third-order valence-corrected chi connectivity index (χ3v) is 6.05. The Bertz CT molecular complexity index is 695. The second kappa shape index (κ2) is 5.66. The third kappa shape index (κ3) is 3.17. The lowest BCUT2D eigenvalue weighted by molar-refractivity contribution is -0.131. The molecule has 1 saturated carbocycles. The first kappa shape index (κ1) is 15.5. The van der Waals surface area contributed by atoms with E-state index in [4.69, 9.17) is 0 Å². The molecule has 1 aliphatic heterocycles. The van der Waals surface area contributed by atoms with Crippen LogP contribution in [0, 0.1) is 19.8 Å². The molecule has 1 aliphatic carbocycles. The van der Waals surface area contributed by atoms with E-state index in [0.717, 1.165) is 24.0 Å². The van der Waals surface area contributed by atoms with Crippen molar-refractivity contribution < 1.29 is 13.2 Å². The molecule has 0 bridgehead atoms. The number of carbonyl (C=O) groups is 1. The Balaban J connectivity index is 1.68. The van der Waals surface area contributed by atoms with Crippen molar-refractivity contribution in [2.45, 2.75) is 44.0 Å². The first-order chi connectivity index (χ1) is 10.4. The van der Waals surface area contributed by atoms with E-state index < -0.39 is 10.0 Å². The minimum absolute atomic E-state index is 0.187. The highest BCUT2D eigenvalue weighted by molar-refractivity contribution is 7.89. The summed E-state index contributed by atoms with van der Waals surface area (Å²) in [6.45, 7) is 4.88. The number of nitrogens with zero attached hydrogens (tertiary/aromatic N) is 1. The molecule has 6 heteroatoms. The smallest absolute Gasteiger partial charge is 0.241 e. The van der Waals surface area contributed by atoms with Crippen molar-refractivity contribution in [2.75, 3.05) is 13.1 Å². The molecule has 1 amide bonds. The van der Waals surface area contributed by atoms with Gasteiger partial charge >= 0.3 is 0 Å². The van der Waals surface area contributed by atoms with Crippen molar-refractivity contribution in [3.8, 4) is 0 Å². The third-order valence-electron chi connectivity index (χ3n) is 4.37. The van der Waals surface area contributed by atoms with Gasteiger partial charge in [0.05, 0.1) is 4.90 Å². The van der Waals surface area contributed by atoms with Gasteiger partial charge in [0.2, 0.25) is 15.9 Å². The summed E-state index contributed by atoms with van der Waals surface area (Å²) in [4.78, 5) is 14.2. The zero-order valence-electron chi connectivity index (χ0n) is 13.0. The van der Waals surface area contributed by atoms with Crippen LogP contribution < -0.4 is 4.72 Å². The second-order valence-electron chi connectivity index (χ2n) is 6.43. The average molecular weight is 322 g/mol. The molecule has 120 valence electrons. The van der Waals surface area contributed by atoms with Crippen LogP contribution in [0.5, 0.6) is 0 Å². The van der Waals surface area contributed by atoms with Gasteiger partial charge in [-0.15, -0.1) is 0 Å². The zero-order valence-corrected chi connectivity index (χ0v) is 13.8. The van der Waals surface area contributed by atoms with Crippen molar-refractivity contribution in [1.29, 1.82) is 0 Å². The van der Waals surface area contributed by atoms with Crippen LogP contribution in [0.2, 0.25) is 0 Å². The molecule has 1 heterocycles. The van der Waals surface area contributed by atoms with E-state index in [1.165, 1.54) is 0 Å². The van der Waals surface area contributed by atoms with Crippen LogP contribution in [-0.2, 0) is 14.8 Å². The second-order valence-corrected chi connectivity index (χ2v) is 8.12. The maximum Gasteiger partial charge on any atom is 0.241 e. The van der Waals surface area contributed by atoms with Crippen LogP contribution in [0.15, 0.2) is 23.1 Å². The Hall–Kier alpha value is -1.40. The molecule has 1 atom stereocenters. The highest BCUT2D eigenvalue weighted by atomic mass is 32.2. The number of sulfonamides is 1. The molecule has 22 heavy (non-hydrogen) atoms. The highest BCUT2D eigenvalue weighted by Crippen LogP contribution is 2.32. The lowest BCUT2D eigenvalue weighted by atomic mass is 10.2. The van der Waals surface area contributed by atoms with E-state index in [1.807, 2.05) is 13.0 Å². The van der Waals surface area contributed by atoms with E-state index in [2.05, 4.69) is 4.72 Å². The number of rotatable bonds is 4. The van der Waals surface area contributed by atoms with Crippen LogP contribution in [-0.4, -0.2) is 38.4 Å². The molecule has 2 fully saturated rings. The number of hydrogen-bond donors (Lipinski definition) is 1. The zero-order chi connectivity index (χ0) is 15.9. The van der Waals surface area contributed by atoms with Crippen molar-refractivity contribution >= 4 is 15.9 Å². The fourth-order valence-electron chi connectivity index (χ4n) is 3.03. The summed E-state index contributed by atoms with van der Waals surface area (Å²) in [7, 11) is -3.53. The van der Waals surface area contributed by atoms with Crippen LogP contribution in [0.25, 0.3) is 0 Å². The van der Waals surface area contributed by atoms with Gasteiger partial charge in [0.15, 0.2) is 0 Å². The Morgan fingerprint density at radius 3 is 2.59 bits per heavy atom. The molecular formula is C16H22N2O3S. The highest BCUT2D eigenvalue weighted by Gasteiger charge is 2.37. The topological polar surface area (TPSA) is 66.5 Å². The van der Waals surface area contributed by atoms with Gasteiger partial charge < -0.3 is 4.90 Å². The van der Waals surface area contributed by atoms with Crippen molar-refractivity contribution in [1.82, 2.24) is 9.62 Å². The maximum atomic E-state index is 12.5. The molecule has 1 N–H and O–H groups in total. The van der Waals surface area contributed by atoms with Crippen LogP contribution in [0.3, 0.4) is 0 Å². The minimum atomic E-state index is -3.53. The molecule has 0 aromatic heterocycles. The van der Waals surface area contributed by atoms with E-state index in [0.29, 0.717) is 24.4 Å². The van der Waals surface area contributed by atoms with Crippen molar-refractivity contribution in [3.05, 3.63) is 29.3 Å². The molecule has 1 aromatic carbocycles. The summed E-state index contributed by atoms with van der Waals surface area (Å²) in [5.41, 5.74) is 1.79. The summed E-state index contributed by atoms with van der Waals surface area (Å²) in [5, 5.41) is 0. The quantitative estimate of drug-likeness (QED) is 0.915. The summed E-state index contributed by atoms with van der Waals surface area (Å²) in [6.07, 6.45) is 2.64. The van der Waals surface area contributed by atoms with E-state index in [-0.39, 0.29) is 17.9 Å². The fraction of sp³-hybridized carbons (Fsp3) is 0.562. The molecule has 1 unspecified atom stereocenters. The Labute approximate surface area is 131 Å². The van der Waals surface area contributed by atoms with E-state index in [9.17, 15) is 13.2 Å². The SMILES string of the molecule is Cc1ccc(S(=O)(=O)NC2CCN(C(=O)C3CC3)C2)c(C)c1. The maximum absolute atomic E-state index is 12.5. The lowest BCUT2D eigenvalue weighted by Crippen LogP contribution is -2.39. The summed E-state index contributed by atoms with van der Waals surface area (Å²) < 4.78 is 27.8. The fourth-order valence-corrected chi connectivity index (χ4v) is 4.52. The number of benzene rings is 1. The standard InChI is InChI=1S/C16H22N2O3S/c1-11-3-6-15(12(2)9-11)22(20,21)17-14-7-8-18(10-14)16(19)13-4-5-13/h3,6,9,13-14,17H,4-5,7-8,10H2,1-2H3. The summed E-state index contributed by atoms with van der Waals surface area (Å²) in [5.74, 6) is 0.378. The van der Waals surface area contributed by atoms with E-state index in [1.54, 1.807) is 24.0 Å². The molecule has 5 nitrogen and oxygen atoms in total. The predicted molar refractivity (Wildman–Crippen MR) is 83.9 cm³/mol. The lowest BCUT2D eigenvalue weighted by Gasteiger charge is -2.17. The average Bonchev–Trinajstić information content (AvgIpc) is 3.18. The van der Waals surface area contributed by atoms with Crippen LogP contribution >= 0.6 is 0 Å². The van der Waals surface area contributed by atoms with Gasteiger partial charge in [-0.2, -0.15) is 0 Å². The first-order valence-electron chi connectivity index (χ1n) is 7.75. The van der Waals surface area contributed by atoms with E-state index >= 15 is 0 Å². The van der Waals surface area contributed by atoms with Gasteiger partial charge in [-0.25, -0.2) is 13.1 Å². The van der Waals surface area contributed by atoms with Crippen LogP contribution in [0.4, 0.5) is 0 Å². The van der Waals surface area contributed by atoms with Gasteiger partial charge in [-0.05, 0) is 44.7 Å². The Morgan fingerprint density at radius 1 is 1.23 bits per heavy atom. The molecule has 3 rings (SSSR count). The molecule has 1 saturated heterocycles. The van der Waals surface area contributed by atoms with Gasteiger partial charge in [-0.1, -0.05) is 17.7 Å². The number of likely N-dealkylation sites (tertiary alicyclic amines) is 1. The molecule has 0 spiro atoms. The monoisotopic (exact) mass is 322 g/mol. The van der Waals surface area contributed by atoms with Crippen molar-refractivity contribution in [2.24, 2.45) is 5.92 Å². The number of carbonyl (C=O) groups excluding carboxylic acids is 1.